The molecule has 0 aliphatic carbocycles. The smallest absolute Gasteiger partial charge is 0.191 e. The van der Waals surface area contributed by atoms with Gasteiger partial charge in [-0.3, -0.25) is 4.99 Å². The normalized spacial score (nSPS) is 10.9. The van der Waals surface area contributed by atoms with Crippen molar-refractivity contribution in [2.75, 3.05) is 33.4 Å². The van der Waals surface area contributed by atoms with Crippen LogP contribution in [-0.2, 0) is 11.3 Å². The summed E-state index contributed by atoms with van der Waals surface area (Å²) in [6.45, 7) is 6.00. The average Bonchev–Trinajstić information content (AvgIpc) is 2.85. The second kappa shape index (κ2) is 11.3. The van der Waals surface area contributed by atoms with Gasteiger partial charge in [0.2, 0.25) is 0 Å². The molecule has 0 aliphatic rings. The molecule has 1 aromatic heterocycles. The highest BCUT2D eigenvalue weighted by atomic mass is 127. The molecule has 0 aliphatic heterocycles. The molecule has 104 valence electrons. The number of rotatable bonds is 7. The Kier molecular flexibility index (Phi) is 10.9. The summed E-state index contributed by atoms with van der Waals surface area (Å²) < 4.78 is 7.37. The van der Waals surface area contributed by atoms with Gasteiger partial charge >= 0.3 is 0 Å². The first kappa shape index (κ1) is 17.2. The predicted octanol–water partition coefficient (Wildman–Crippen LogP) is 1.31. The maximum atomic E-state index is 5.24. The maximum Gasteiger partial charge on any atom is 0.191 e. The van der Waals surface area contributed by atoms with Gasteiger partial charge in [0.25, 0.3) is 0 Å². The second-order valence-electron chi connectivity index (χ2n) is 3.54. The number of nitrogens with zero attached hydrogens (tertiary/aromatic N) is 2. The van der Waals surface area contributed by atoms with E-state index in [4.69, 9.17) is 4.74 Å². The highest BCUT2D eigenvalue weighted by Crippen LogP contribution is 1.87. The van der Waals surface area contributed by atoms with Crippen LogP contribution in [0.3, 0.4) is 0 Å². The predicted molar refractivity (Wildman–Crippen MR) is 85.7 cm³/mol. The number of halogens is 1. The van der Waals surface area contributed by atoms with E-state index in [2.05, 4.69) is 20.2 Å². The van der Waals surface area contributed by atoms with Crippen LogP contribution in [0.4, 0.5) is 0 Å². The largest absolute Gasteiger partial charge is 0.380 e. The molecular formula is C12H23IN4O. The average molecular weight is 366 g/mol. The van der Waals surface area contributed by atoms with E-state index >= 15 is 0 Å². The van der Waals surface area contributed by atoms with Crippen molar-refractivity contribution in [3.8, 4) is 0 Å². The number of nitrogens with one attached hydrogen (secondary N) is 2. The number of aromatic nitrogens is 1. The first-order valence-corrected chi connectivity index (χ1v) is 6.00. The van der Waals surface area contributed by atoms with Gasteiger partial charge in [-0.25, -0.2) is 0 Å². The van der Waals surface area contributed by atoms with Gasteiger partial charge in [-0.05, 0) is 19.1 Å². The van der Waals surface area contributed by atoms with Crippen LogP contribution >= 0.6 is 24.0 Å². The molecule has 0 saturated heterocycles. The Bertz CT molecular complexity index is 314. The van der Waals surface area contributed by atoms with E-state index < -0.39 is 0 Å². The molecule has 0 radical (unpaired) electrons. The minimum Gasteiger partial charge on any atom is -0.380 e. The van der Waals surface area contributed by atoms with Crippen LogP contribution in [0, 0.1) is 0 Å². The van der Waals surface area contributed by atoms with E-state index in [0.29, 0.717) is 6.61 Å². The number of aliphatic imine (C=N–C) groups is 1. The Hall–Kier alpha value is -0.760. The molecule has 18 heavy (non-hydrogen) atoms. The molecule has 0 fully saturated rings. The van der Waals surface area contributed by atoms with Crippen LogP contribution in [0.5, 0.6) is 0 Å². The maximum absolute atomic E-state index is 5.24. The van der Waals surface area contributed by atoms with Gasteiger partial charge in [0.05, 0.1) is 6.61 Å². The zero-order valence-electron chi connectivity index (χ0n) is 11.1. The number of ether oxygens (including phenoxy) is 1. The fourth-order valence-electron chi connectivity index (χ4n) is 1.43. The molecule has 1 rings (SSSR count). The molecule has 5 nitrogen and oxygen atoms in total. The first-order valence-electron chi connectivity index (χ1n) is 6.00. The zero-order chi connectivity index (χ0) is 12.3. The third-order valence-corrected chi connectivity index (χ3v) is 2.30. The van der Waals surface area contributed by atoms with Gasteiger partial charge in [0.1, 0.15) is 0 Å². The lowest BCUT2D eigenvalue weighted by Gasteiger charge is -2.12. The third-order valence-electron chi connectivity index (χ3n) is 2.30. The van der Waals surface area contributed by atoms with Gasteiger partial charge in [0.15, 0.2) is 5.96 Å². The SMILES string of the molecule is CCOCCNC(=NC)NCCn1cccc1.I. The molecule has 2 N–H and O–H groups in total. The van der Waals surface area contributed by atoms with Crippen molar-refractivity contribution in [3.05, 3.63) is 24.5 Å². The quantitative estimate of drug-likeness (QED) is 0.331. The van der Waals surface area contributed by atoms with Crippen molar-refractivity contribution >= 4 is 29.9 Å². The van der Waals surface area contributed by atoms with Crippen molar-refractivity contribution in [3.63, 3.8) is 0 Å². The van der Waals surface area contributed by atoms with Crippen molar-refractivity contribution in [1.82, 2.24) is 15.2 Å². The fourth-order valence-corrected chi connectivity index (χ4v) is 1.43. The minimum atomic E-state index is 0. The minimum absolute atomic E-state index is 0. The van der Waals surface area contributed by atoms with E-state index in [1.165, 1.54) is 0 Å². The zero-order valence-corrected chi connectivity index (χ0v) is 13.4. The molecule has 1 aromatic rings. The van der Waals surface area contributed by atoms with E-state index in [-0.39, 0.29) is 24.0 Å². The van der Waals surface area contributed by atoms with Gasteiger partial charge in [-0.1, -0.05) is 0 Å². The highest BCUT2D eigenvalue weighted by molar-refractivity contribution is 14.0. The number of hydrogen-bond donors (Lipinski definition) is 2. The van der Waals surface area contributed by atoms with Crippen molar-refractivity contribution < 1.29 is 4.74 Å². The summed E-state index contributed by atoms with van der Waals surface area (Å²) in [6, 6.07) is 4.05. The van der Waals surface area contributed by atoms with Crippen LogP contribution in [0.1, 0.15) is 6.92 Å². The van der Waals surface area contributed by atoms with Crippen LogP contribution < -0.4 is 10.6 Å². The monoisotopic (exact) mass is 366 g/mol. The lowest BCUT2D eigenvalue weighted by molar-refractivity contribution is 0.152. The molecule has 0 saturated carbocycles. The summed E-state index contributed by atoms with van der Waals surface area (Å²) in [5.74, 6) is 0.817. The molecule has 0 atom stereocenters. The summed E-state index contributed by atoms with van der Waals surface area (Å²) in [6.07, 6.45) is 4.10. The molecule has 0 aromatic carbocycles. The Labute approximate surface area is 126 Å². The first-order chi connectivity index (χ1) is 8.36. The van der Waals surface area contributed by atoms with Crippen LogP contribution in [0.25, 0.3) is 0 Å². The molecule has 0 unspecified atom stereocenters. The fraction of sp³-hybridized carbons (Fsp3) is 0.583. The Balaban J connectivity index is 0.00000289. The van der Waals surface area contributed by atoms with Gasteiger partial charge in [-0.15, -0.1) is 24.0 Å². The van der Waals surface area contributed by atoms with E-state index in [1.54, 1.807) is 7.05 Å². The Morgan fingerprint density at radius 1 is 1.22 bits per heavy atom. The summed E-state index contributed by atoms with van der Waals surface area (Å²) in [5, 5.41) is 6.44. The van der Waals surface area contributed by atoms with Gasteiger partial charge < -0.3 is 19.9 Å². The summed E-state index contributed by atoms with van der Waals surface area (Å²) in [4.78, 5) is 4.13. The lowest BCUT2D eigenvalue weighted by atomic mass is 10.6. The third kappa shape index (κ3) is 7.54. The molecule has 0 bridgehead atoms. The summed E-state index contributed by atoms with van der Waals surface area (Å²) in [5.41, 5.74) is 0. The number of guanidine groups is 1. The van der Waals surface area contributed by atoms with E-state index in [9.17, 15) is 0 Å². The van der Waals surface area contributed by atoms with Crippen LogP contribution in [-0.4, -0.2) is 43.9 Å². The lowest BCUT2D eigenvalue weighted by Crippen LogP contribution is -2.40. The van der Waals surface area contributed by atoms with Crippen molar-refractivity contribution in [2.45, 2.75) is 13.5 Å². The van der Waals surface area contributed by atoms with E-state index in [1.807, 2.05) is 31.5 Å². The van der Waals surface area contributed by atoms with Crippen molar-refractivity contribution in [2.24, 2.45) is 4.99 Å². The topological polar surface area (TPSA) is 50.6 Å². The van der Waals surface area contributed by atoms with Gasteiger partial charge in [-0.2, -0.15) is 0 Å². The standard InChI is InChI=1S/C12H22N4O.HI/c1-3-17-11-7-15-12(13-2)14-6-10-16-8-4-5-9-16;/h4-5,8-9H,3,6-7,10-11H2,1-2H3,(H2,13,14,15);1H. The van der Waals surface area contributed by atoms with Crippen LogP contribution in [0.15, 0.2) is 29.5 Å². The summed E-state index contributed by atoms with van der Waals surface area (Å²) >= 11 is 0. The molecule has 0 amide bonds. The molecule has 6 heteroatoms. The van der Waals surface area contributed by atoms with Crippen molar-refractivity contribution in [1.29, 1.82) is 0 Å². The number of hydrogen-bond acceptors (Lipinski definition) is 2. The molecule has 1 heterocycles. The van der Waals surface area contributed by atoms with E-state index in [0.717, 1.165) is 32.2 Å². The van der Waals surface area contributed by atoms with Gasteiger partial charge in [0, 0.05) is 45.7 Å². The summed E-state index contributed by atoms with van der Waals surface area (Å²) in [7, 11) is 1.77. The molecule has 0 spiro atoms. The molecular weight excluding hydrogens is 343 g/mol. The Morgan fingerprint density at radius 2 is 1.89 bits per heavy atom. The Morgan fingerprint density at radius 3 is 2.50 bits per heavy atom. The highest BCUT2D eigenvalue weighted by Gasteiger charge is 1.96. The second-order valence-corrected chi connectivity index (χ2v) is 3.54. The van der Waals surface area contributed by atoms with Crippen LogP contribution in [0.2, 0.25) is 0 Å².